The molecule has 0 amide bonds. The van der Waals surface area contributed by atoms with Crippen LogP contribution in [0.3, 0.4) is 0 Å². The minimum absolute atomic E-state index is 0.108. The molecule has 16 heavy (non-hydrogen) atoms. The van der Waals surface area contributed by atoms with E-state index < -0.39 is 18.0 Å². The summed E-state index contributed by atoms with van der Waals surface area (Å²) in [6.45, 7) is 0. The van der Waals surface area contributed by atoms with Crippen molar-refractivity contribution < 1.29 is 19.3 Å². The molecule has 2 rings (SSSR count). The van der Waals surface area contributed by atoms with Gasteiger partial charge in [-0.3, -0.25) is 0 Å². The van der Waals surface area contributed by atoms with Crippen molar-refractivity contribution in [3.63, 3.8) is 0 Å². The molecule has 0 heterocycles. The third-order valence-corrected chi connectivity index (χ3v) is 2.95. The fourth-order valence-corrected chi connectivity index (χ4v) is 1.75. The molecule has 1 aliphatic carbocycles. The Morgan fingerprint density at radius 3 is 2.56 bits per heavy atom. The number of halogens is 1. The molecule has 1 aliphatic rings. The third kappa shape index (κ3) is 2.18. The molecule has 0 spiro atoms. The molecule has 1 aromatic rings. The smallest absolute Gasteiger partial charge is 0.132 e. The summed E-state index contributed by atoms with van der Waals surface area (Å²) < 4.78 is 18.4. The van der Waals surface area contributed by atoms with Gasteiger partial charge in [-0.25, -0.2) is 4.39 Å². The summed E-state index contributed by atoms with van der Waals surface area (Å²) >= 11 is 0. The highest BCUT2D eigenvalue weighted by Crippen LogP contribution is 2.38. The van der Waals surface area contributed by atoms with Gasteiger partial charge in [-0.2, -0.15) is 0 Å². The maximum absolute atomic E-state index is 13.6. The Morgan fingerprint density at radius 2 is 2.06 bits per heavy atom. The summed E-state index contributed by atoms with van der Waals surface area (Å²) in [4.78, 5) is 0. The zero-order valence-electron chi connectivity index (χ0n) is 9.06. The zero-order chi connectivity index (χ0) is 11.7. The molecule has 0 aromatic heterocycles. The van der Waals surface area contributed by atoms with Gasteiger partial charge in [0.15, 0.2) is 0 Å². The highest BCUT2D eigenvalue weighted by Gasteiger charge is 2.36. The SMILES string of the molecule is COc1ccc(C(O)C(O)C2CC2)c(F)c1. The van der Waals surface area contributed by atoms with Crippen LogP contribution in [0, 0.1) is 11.7 Å². The van der Waals surface area contributed by atoms with Crippen molar-refractivity contribution in [2.45, 2.75) is 25.0 Å². The van der Waals surface area contributed by atoms with Gasteiger partial charge in [-0.05, 0) is 30.9 Å². The van der Waals surface area contributed by atoms with Crippen LogP contribution >= 0.6 is 0 Å². The first-order valence-electron chi connectivity index (χ1n) is 5.33. The second kappa shape index (κ2) is 4.39. The van der Waals surface area contributed by atoms with Gasteiger partial charge in [0.25, 0.3) is 0 Å². The molecule has 0 radical (unpaired) electrons. The Labute approximate surface area is 93.5 Å². The van der Waals surface area contributed by atoms with E-state index in [0.717, 1.165) is 12.8 Å². The summed E-state index contributed by atoms with van der Waals surface area (Å²) in [6.07, 6.45) is -0.229. The zero-order valence-corrected chi connectivity index (χ0v) is 9.06. The summed E-state index contributed by atoms with van der Waals surface area (Å²) in [5.41, 5.74) is 0.125. The van der Waals surface area contributed by atoms with E-state index in [4.69, 9.17) is 4.74 Å². The third-order valence-electron chi connectivity index (χ3n) is 2.95. The number of aliphatic hydroxyl groups is 2. The molecule has 2 atom stereocenters. The van der Waals surface area contributed by atoms with Crippen LogP contribution in [0.4, 0.5) is 4.39 Å². The lowest BCUT2D eigenvalue weighted by Gasteiger charge is -2.18. The molecule has 88 valence electrons. The predicted octanol–water partition coefficient (Wildman–Crippen LogP) is 1.64. The minimum Gasteiger partial charge on any atom is -0.497 e. The van der Waals surface area contributed by atoms with Gasteiger partial charge in [0.05, 0.1) is 13.2 Å². The summed E-state index contributed by atoms with van der Waals surface area (Å²) in [7, 11) is 1.45. The van der Waals surface area contributed by atoms with Crippen molar-refractivity contribution >= 4 is 0 Å². The van der Waals surface area contributed by atoms with Gasteiger partial charge in [-0.15, -0.1) is 0 Å². The first-order valence-corrected chi connectivity index (χ1v) is 5.33. The molecule has 0 saturated heterocycles. The van der Waals surface area contributed by atoms with Crippen LogP contribution in [-0.2, 0) is 0 Å². The van der Waals surface area contributed by atoms with E-state index in [2.05, 4.69) is 0 Å². The Bertz CT molecular complexity index is 377. The van der Waals surface area contributed by atoms with Gasteiger partial charge in [-0.1, -0.05) is 0 Å². The van der Waals surface area contributed by atoms with Crippen molar-refractivity contribution in [1.29, 1.82) is 0 Å². The largest absolute Gasteiger partial charge is 0.497 e. The fraction of sp³-hybridized carbons (Fsp3) is 0.500. The molecule has 1 fully saturated rings. The number of benzene rings is 1. The summed E-state index contributed by atoms with van der Waals surface area (Å²) in [5.74, 6) is -0.0441. The van der Waals surface area contributed by atoms with Crippen LogP contribution < -0.4 is 4.74 Å². The molecule has 0 bridgehead atoms. The standard InChI is InChI=1S/C12H15FO3/c1-16-8-4-5-9(10(13)6-8)12(15)11(14)7-2-3-7/h4-7,11-12,14-15H,2-3H2,1H3. The molecule has 0 aliphatic heterocycles. The van der Waals surface area contributed by atoms with Gasteiger partial charge in [0.1, 0.15) is 17.7 Å². The quantitative estimate of drug-likeness (QED) is 0.820. The number of rotatable bonds is 4. The normalized spacial score (nSPS) is 19.2. The Morgan fingerprint density at radius 1 is 1.38 bits per heavy atom. The van der Waals surface area contributed by atoms with E-state index in [1.807, 2.05) is 0 Å². The van der Waals surface area contributed by atoms with Crippen LogP contribution in [0.1, 0.15) is 24.5 Å². The Kier molecular flexibility index (Phi) is 3.12. The Hall–Kier alpha value is -1.13. The van der Waals surface area contributed by atoms with Crippen LogP contribution in [-0.4, -0.2) is 23.4 Å². The average molecular weight is 226 g/mol. The van der Waals surface area contributed by atoms with Crippen molar-refractivity contribution in [1.82, 2.24) is 0 Å². The highest BCUT2D eigenvalue weighted by atomic mass is 19.1. The maximum Gasteiger partial charge on any atom is 0.132 e. The van der Waals surface area contributed by atoms with E-state index in [-0.39, 0.29) is 11.5 Å². The van der Waals surface area contributed by atoms with Crippen molar-refractivity contribution in [3.8, 4) is 5.75 Å². The second-order valence-electron chi connectivity index (χ2n) is 4.16. The number of hydrogen-bond acceptors (Lipinski definition) is 3. The molecule has 3 nitrogen and oxygen atoms in total. The topological polar surface area (TPSA) is 49.7 Å². The number of hydrogen-bond donors (Lipinski definition) is 2. The summed E-state index contributed by atoms with van der Waals surface area (Å²) in [5, 5.41) is 19.5. The number of aliphatic hydroxyl groups excluding tert-OH is 2. The first-order chi connectivity index (χ1) is 7.63. The second-order valence-corrected chi connectivity index (χ2v) is 4.16. The predicted molar refractivity (Wildman–Crippen MR) is 56.6 cm³/mol. The molecule has 4 heteroatoms. The van der Waals surface area contributed by atoms with Crippen molar-refractivity contribution in [2.24, 2.45) is 5.92 Å². The Balaban J connectivity index is 2.18. The summed E-state index contributed by atoms with van der Waals surface area (Å²) in [6, 6.07) is 4.23. The molecule has 2 unspecified atom stereocenters. The van der Waals surface area contributed by atoms with E-state index >= 15 is 0 Å². The molecule has 1 aromatic carbocycles. The average Bonchev–Trinajstić information content (AvgIpc) is 3.10. The lowest BCUT2D eigenvalue weighted by atomic mass is 10.0. The minimum atomic E-state index is -1.15. The van der Waals surface area contributed by atoms with E-state index in [9.17, 15) is 14.6 Å². The maximum atomic E-state index is 13.6. The number of methoxy groups -OCH3 is 1. The van der Waals surface area contributed by atoms with Crippen LogP contribution in [0.25, 0.3) is 0 Å². The lowest BCUT2D eigenvalue weighted by Crippen LogP contribution is -2.21. The van der Waals surface area contributed by atoms with Gasteiger partial charge in [0.2, 0.25) is 0 Å². The van der Waals surface area contributed by atoms with Crippen LogP contribution in [0.15, 0.2) is 18.2 Å². The lowest BCUT2D eigenvalue weighted by molar-refractivity contribution is 0.00287. The van der Waals surface area contributed by atoms with E-state index in [1.54, 1.807) is 6.07 Å². The first kappa shape index (κ1) is 11.4. The number of ether oxygens (including phenoxy) is 1. The molecular formula is C12H15FO3. The van der Waals surface area contributed by atoms with Crippen LogP contribution in [0.5, 0.6) is 5.75 Å². The van der Waals surface area contributed by atoms with Gasteiger partial charge >= 0.3 is 0 Å². The molecule has 1 saturated carbocycles. The monoisotopic (exact) mass is 226 g/mol. The highest BCUT2D eigenvalue weighted by molar-refractivity contribution is 5.30. The van der Waals surface area contributed by atoms with Crippen LogP contribution in [0.2, 0.25) is 0 Å². The van der Waals surface area contributed by atoms with Crippen molar-refractivity contribution in [3.05, 3.63) is 29.6 Å². The van der Waals surface area contributed by atoms with E-state index in [0.29, 0.717) is 5.75 Å². The van der Waals surface area contributed by atoms with Gasteiger partial charge < -0.3 is 14.9 Å². The molecule has 2 N–H and O–H groups in total. The van der Waals surface area contributed by atoms with Crippen molar-refractivity contribution in [2.75, 3.05) is 7.11 Å². The van der Waals surface area contributed by atoms with Gasteiger partial charge in [0, 0.05) is 11.6 Å². The molecular weight excluding hydrogens is 211 g/mol. The van der Waals surface area contributed by atoms with E-state index in [1.165, 1.54) is 19.2 Å². The fourth-order valence-electron chi connectivity index (χ4n) is 1.75.